The largest absolute Gasteiger partial charge is 0.398 e. The highest BCUT2D eigenvalue weighted by atomic mass is 16.5. The fourth-order valence-electron chi connectivity index (χ4n) is 1.52. The molecule has 0 unspecified atom stereocenters. The van der Waals surface area contributed by atoms with Crippen LogP contribution >= 0.6 is 0 Å². The molecule has 2 rings (SSSR count). The molecule has 0 saturated heterocycles. The van der Waals surface area contributed by atoms with Gasteiger partial charge in [-0.25, -0.2) is 0 Å². The minimum absolute atomic E-state index is 0.557. The molecule has 2 heteroatoms. The molecule has 0 aromatic heterocycles. The summed E-state index contributed by atoms with van der Waals surface area (Å²) in [6, 6.07) is 17.9. The molecule has 2 aromatic carbocycles. The van der Waals surface area contributed by atoms with Crippen LogP contribution in [-0.4, -0.2) is 0 Å². The van der Waals surface area contributed by atoms with Crippen molar-refractivity contribution in [2.75, 3.05) is 5.73 Å². The zero-order valence-electron chi connectivity index (χ0n) is 9.10. The Balaban J connectivity index is 1.87. The molecule has 16 heavy (non-hydrogen) atoms. The Morgan fingerprint density at radius 3 is 2.25 bits per heavy atom. The molecule has 2 nitrogen and oxygen atoms in total. The number of para-hydroxylation sites is 1. The summed E-state index contributed by atoms with van der Waals surface area (Å²) in [5.74, 6) is 0. The van der Waals surface area contributed by atoms with Gasteiger partial charge in [-0.1, -0.05) is 48.5 Å². The topological polar surface area (TPSA) is 35.2 Å². The quantitative estimate of drug-likeness (QED) is 0.792. The summed E-state index contributed by atoms with van der Waals surface area (Å²) in [5.41, 5.74) is 8.83. The van der Waals surface area contributed by atoms with Gasteiger partial charge in [-0.15, -0.1) is 0 Å². The van der Waals surface area contributed by atoms with Crippen molar-refractivity contribution in [1.82, 2.24) is 0 Å². The fourth-order valence-corrected chi connectivity index (χ4v) is 1.52. The van der Waals surface area contributed by atoms with E-state index in [9.17, 15) is 0 Å². The van der Waals surface area contributed by atoms with Gasteiger partial charge < -0.3 is 10.5 Å². The number of hydrogen-bond acceptors (Lipinski definition) is 2. The number of nitrogen functional groups attached to an aromatic ring is 1. The summed E-state index contributed by atoms with van der Waals surface area (Å²) >= 11 is 0. The van der Waals surface area contributed by atoms with Gasteiger partial charge in [0.1, 0.15) is 0 Å². The minimum atomic E-state index is 0.557. The molecular formula is C14H15NO. The average Bonchev–Trinajstić information content (AvgIpc) is 2.33. The van der Waals surface area contributed by atoms with Crippen molar-refractivity contribution in [3.05, 3.63) is 65.7 Å². The van der Waals surface area contributed by atoms with Crippen LogP contribution in [0.2, 0.25) is 0 Å². The number of ether oxygens (including phenoxy) is 1. The molecule has 2 aromatic rings. The molecule has 0 fully saturated rings. The van der Waals surface area contributed by atoms with Crippen LogP contribution in [0.4, 0.5) is 5.69 Å². The predicted molar refractivity (Wildman–Crippen MR) is 65.8 cm³/mol. The lowest BCUT2D eigenvalue weighted by molar-refractivity contribution is 0.107. The van der Waals surface area contributed by atoms with Gasteiger partial charge in [0.05, 0.1) is 13.2 Å². The van der Waals surface area contributed by atoms with E-state index in [1.807, 2.05) is 54.6 Å². The molecule has 0 saturated carbocycles. The molecule has 0 atom stereocenters. The summed E-state index contributed by atoms with van der Waals surface area (Å²) in [6.07, 6.45) is 0. The zero-order chi connectivity index (χ0) is 11.2. The number of rotatable bonds is 4. The SMILES string of the molecule is Nc1ccccc1COCc1ccccc1. The summed E-state index contributed by atoms with van der Waals surface area (Å²) in [5, 5.41) is 0. The van der Waals surface area contributed by atoms with Gasteiger partial charge in [0, 0.05) is 11.3 Å². The molecule has 2 N–H and O–H groups in total. The minimum Gasteiger partial charge on any atom is -0.398 e. The van der Waals surface area contributed by atoms with Gasteiger partial charge >= 0.3 is 0 Å². The van der Waals surface area contributed by atoms with E-state index in [2.05, 4.69) is 0 Å². The summed E-state index contributed by atoms with van der Waals surface area (Å²) < 4.78 is 5.61. The van der Waals surface area contributed by atoms with Gasteiger partial charge in [-0.3, -0.25) is 0 Å². The molecule has 0 amide bonds. The first-order valence-electron chi connectivity index (χ1n) is 5.31. The van der Waals surface area contributed by atoms with Crippen LogP contribution in [-0.2, 0) is 18.0 Å². The third kappa shape index (κ3) is 2.84. The fraction of sp³-hybridized carbons (Fsp3) is 0.143. The van der Waals surface area contributed by atoms with Crippen LogP contribution in [0, 0.1) is 0 Å². The second-order valence-electron chi connectivity index (χ2n) is 3.68. The van der Waals surface area contributed by atoms with Gasteiger partial charge in [-0.2, -0.15) is 0 Å². The van der Waals surface area contributed by atoms with Crippen LogP contribution in [0.1, 0.15) is 11.1 Å². The van der Waals surface area contributed by atoms with Gasteiger partial charge in [0.15, 0.2) is 0 Å². The van der Waals surface area contributed by atoms with Crippen LogP contribution in [0.25, 0.3) is 0 Å². The lowest BCUT2D eigenvalue weighted by Crippen LogP contribution is -1.98. The average molecular weight is 213 g/mol. The Labute approximate surface area is 95.7 Å². The molecular weight excluding hydrogens is 198 g/mol. The predicted octanol–water partition coefficient (Wildman–Crippen LogP) is 2.99. The van der Waals surface area contributed by atoms with Crippen LogP contribution < -0.4 is 5.73 Å². The third-order valence-electron chi connectivity index (χ3n) is 2.42. The van der Waals surface area contributed by atoms with Crippen molar-refractivity contribution < 1.29 is 4.74 Å². The second kappa shape index (κ2) is 5.33. The summed E-state index contributed by atoms with van der Waals surface area (Å²) in [7, 11) is 0. The number of anilines is 1. The van der Waals surface area contributed by atoms with Crippen molar-refractivity contribution in [2.45, 2.75) is 13.2 Å². The zero-order valence-corrected chi connectivity index (χ0v) is 9.10. The molecule has 0 aliphatic heterocycles. The lowest BCUT2D eigenvalue weighted by Gasteiger charge is -2.06. The smallest absolute Gasteiger partial charge is 0.0741 e. The molecule has 0 aliphatic rings. The first-order chi connectivity index (χ1) is 7.86. The first-order valence-corrected chi connectivity index (χ1v) is 5.31. The van der Waals surface area contributed by atoms with Gasteiger partial charge in [0.25, 0.3) is 0 Å². The van der Waals surface area contributed by atoms with Crippen LogP contribution in [0.5, 0.6) is 0 Å². The van der Waals surface area contributed by atoms with E-state index in [-0.39, 0.29) is 0 Å². The Morgan fingerprint density at radius 1 is 0.812 bits per heavy atom. The van der Waals surface area contributed by atoms with Gasteiger partial charge in [0.2, 0.25) is 0 Å². The summed E-state index contributed by atoms with van der Waals surface area (Å²) in [6.45, 7) is 1.18. The van der Waals surface area contributed by atoms with E-state index in [1.54, 1.807) is 0 Å². The monoisotopic (exact) mass is 213 g/mol. The molecule has 0 radical (unpaired) electrons. The number of nitrogens with two attached hydrogens (primary N) is 1. The van der Waals surface area contributed by atoms with Gasteiger partial charge in [-0.05, 0) is 11.6 Å². The van der Waals surface area contributed by atoms with Crippen molar-refractivity contribution in [3.8, 4) is 0 Å². The normalized spacial score (nSPS) is 10.2. The Kier molecular flexibility index (Phi) is 3.57. The van der Waals surface area contributed by atoms with E-state index in [4.69, 9.17) is 10.5 Å². The molecule has 0 spiro atoms. The maximum Gasteiger partial charge on any atom is 0.0741 e. The van der Waals surface area contributed by atoms with Crippen molar-refractivity contribution in [3.63, 3.8) is 0 Å². The number of benzene rings is 2. The van der Waals surface area contributed by atoms with E-state index >= 15 is 0 Å². The highest BCUT2D eigenvalue weighted by molar-refractivity contribution is 5.45. The van der Waals surface area contributed by atoms with E-state index in [0.717, 1.165) is 11.3 Å². The Bertz CT molecular complexity index is 439. The molecule has 0 aliphatic carbocycles. The third-order valence-corrected chi connectivity index (χ3v) is 2.42. The highest BCUT2D eigenvalue weighted by Gasteiger charge is 1.97. The Hall–Kier alpha value is -1.80. The van der Waals surface area contributed by atoms with Crippen LogP contribution in [0.15, 0.2) is 54.6 Å². The molecule has 82 valence electrons. The van der Waals surface area contributed by atoms with E-state index < -0.39 is 0 Å². The maximum absolute atomic E-state index is 5.82. The molecule has 0 bridgehead atoms. The highest BCUT2D eigenvalue weighted by Crippen LogP contribution is 2.12. The number of hydrogen-bond donors (Lipinski definition) is 1. The maximum atomic E-state index is 5.82. The lowest BCUT2D eigenvalue weighted by atomic mass is 10.2. The Morgan fingerprint density at radius 2 is 1.50 bits per heavy atom. The first kappa shape index (κ1) is 10.7. The van der Waals surface area contributed by atoms with Crippen molar-refractivity contribution >= 4 is 5.69 Å². The van der Waals surface area contributed by atoms with E-state index in [0.29, 0.717) is 13.2 Å². The van der Waals surface area contributed by atoms with E-state index in [1.165, 1.54) is 5.56 Å². The van der Waals surface area contributed by atoms with Crippen molar-refractivity contribution in [2.24, 2.45) is 0 Å². The summed E-state index contributed by atoms with van der Waals surface area (Å²) in [4.78, 5) is 0. The van der Waals surface area contributed by atoms with Crippen molar-refractivity contribution in [1.29, 1.82) is 0 Å². The molecule has 0 heterocycles. The standard InChI is InChI=1S/C14H15NO/c15-14-9-5-4-8-13(14)11-16-10-12-6-2-1-3-7-12/h1-9H,10-11,15H2. The second-order valence-corrected chi connectivity index (χ2v) is 3.68. The van der Waals surface area contributed by atoms with Crippen LogP contribution in [0.3, 0.4) is 0 Å².